The Morgan fingerprint density at radius 2 is 1.81 bits per heavy atom. The second-order valence-electron chi connectivity index (χ2n) is 7.87. The van der Waals surface area contributed by atoms with Crippen LogP contribution in [0, 0.1) is 23.2 Å². The third-order valence-electron chi connectivity index (χ3n) is 4.56. The van der Waals surface area contributed by atoms with Crippen LogP contribution in [0.3, 0.4) is 0 Å². The highest BCUT2D eigenvalue weighted by Gasteiger charge is 2.62. The topological polar surface area (TPSA) is 71.2 Å². The van der Waals surface area contributed by atoms with Crippen LogP contribution in [0.2, 0.25) is 0 Å². The Morgan fingerprint density at radius 3 is 2.22 bits per heavy atom. The van der Waals surface area contributed by atoms with Gasteiger partial charge in [-0.1, -0.05) is 61.1 Å². The first kappa shape index (κ1) is 25.0. The number of carbonyl (C=O) groups excluding carboxylic acids is 1. The van der Waals surface area contributed by atoms with Crippen molar-refractivity contribution in [1.29, 1.82) is 0 Å². The minimum Gasteiger partial charge on any atom is -0.405 e. The van der Waals surface area contributed by atoms with Gasteiger partial charge in [-0.2, -0.15) is 0 Å². The highest BCUT2D eigenvalue weighted by molar-refractivity contribution is 5.81. The molecule has 154 valence electrons. The van der Waals surface area contributed by atoms with Crippen LogP contribution in [-0.4, -0.2) is 35.4 Å². The molecule has 1 saturated carbocycles. The fraction of sp³-hybridized carbons (Fsp3) is 0.636. The number of rotatable bonds is 3. The summed E-state index contributed by atoms with van der Waals surface area (Å²) >= 11 is 0. The van der Waals surface area contributed by atoms with E-state index in [9.17, 15) is 4.79 Å². The molecule has 1 aromatic heterocycles. The predicted octanol–water partition coefficient (Wildman–Crippen LogP) is 4.39. The van der Waals surface area contributed by atoms with Crippen molar-refractivity contribution < 1.29 is 4.79 Å². The summed E-state index contributed by atoms with van der Waals surface area (Å²) in [6.45, 7) is 20.4. The first-order chi connectivity index (χ1) is 12.7. The lowest BCUT2D eigenvalue weighted by molar-refractivity contribution is -0.129. The second-order valence-corrected chi connectivity index (χ2v) is 7.87. The molecule has 0 aromatic carbocycles. The average Bonchev–Trinajstić information content (AvgIpc) is 2.99. The summed E-state index contributed by atoms with van der Waals surface area (Å²) in [6, 6.07) is 5.65. The van der Waals surface area contributed by atoms with Crippen LogP contribution in [0.15, 0.2) is 37.2 Å². The van der Waals surface area contributed by atoms with Crippen LogP contribution in [0.5, 0.6) is 0 Å². The van der Waals surface area contributed by atoms with Gasteiger partial charge in [-0.3, -0.25) is 4.79 Å². The van der Waals surface area contributed by atoms with E-state index in [1.54, 1.807) is 6.20 Å². The molecule has 1 saturated heterocycles. The normalized spacial score (nSPS) is 20.5. The third-order valence-corrected chi connectivity index (χ3v) is 4.56. The summed E-state index contributed by atoms with van der Waals surface area (Å²) < 4.78 is 0. The largest absolute Gasteiger partial charge is 0.405 e. The van der Waals surface area contributed by atoms with Gasteiger partial charge in [0.2, 0.25) is 5.91 Å². The molecule has 3 rings (SSSR count). The fourth-order valence-corrected chi connectivity index (χ4v) is 3.08. The number of nitrogens with one attached hydrogen (secondary N) is 1. The van der Waals surface area contributed by atoms with Crippen molar-refractivity contribution >= 4 is 11.7 Å². The SMILES string of the molecule is C=CN.CC.CC(C)C.CC1(C)C2CN(C(=O)CNc3ccccn3)CC21. The number of aromatic nitrogens is 1. The highest BCUT2D eigenvalue weighted by atomic mass is 16.2. The highest BCUT2D eigenvalue weighted by Crippen LogP contribution is 2.61. The van der Waals surface area contributed by atoms with Crippen molar-refractivity contribution in [3.05, 3.63) is 37.2 Å². The van der Waals surface area contributed by atoms with Gasteiger partial charge >= 0.3 is 0 Å². The average molecular weight is 377 g/mol. The van der Waals surface area contributed by atoms with Gasteiger partial charge in [-0.15, -0.1) is 0 Å². The molecule has 27 heavy (non-hydrogen) atoms. The molecule has 1 aromatic rings. The molecule has 5 heteroatoms. The minimum absolute atomic E-state index is 0.184. The smallest absolute Gasteiger partial charge is 0.241 e. The van der Waals surface area contributed by atoms with Gasteiger partial charge in [0.25, 0.3) is 0 Å². The molecular formula is C22H40N4O. The number of hydrogen-bond acceptors (Lipinski definition) is 4. The molecule has 1 aliphatic heterocycles. The van der Waals surface area contributed by atoms with Gasteiger partial charge in [0.15, 0.2) is 0 Å². The number of carbonyl (C=O) groups is 1. The Labute approximate surface area is 166 Å². The van der Waals surface area contributed by atoms with E-state index in [-0.39, 0.29) is 5.91 Å². The lowest BCUT2D eigenvalue weighted by Gasteiger charge is -2.22. The van der Waals surface area contributed by atoms with Crippen LogP contribution in [0.4, 0.5) is 5.82 Å². The summed E-state index contributed by atoms with van der Waals surface area (Å²) in [7, 11) is 0. The van der Waals surface area contributed by atoms with E-state index in [1.807, 2.05) is 36.9 Å². The summed E-state index contributed by atoms with van der Waals surface area (Å²) in [6.07, 6.45) is 2.97. The lowest BCUT2D eigenvalue weighted by Crippen LogP contribution is -2.36. The van der Waals surface area contributed by atoms with Crippen molar-refractivity contribution in [2.24, 2.45) is 28.9 Å². The van der Waals surface area contributed by atoms with E-state index < -0.39 is 0 Å². The van der Waals surface area contributed by atoms with Crippen LogP contribution >= 0.6 is 0 Å². The molecule has 2 unspecified atom stereocenters. The minimum atomic E-state index is 0.184. The molecule has 1 aliphatic carbocycles. The Kier molecular flexibility index (Phi) is 11.4. The van der Waals surface area contributed by atoms with E-state index in [1.165, 1.54) is 6.20 Å². The molecule has 2 aliphatic rings. The summed E-state index contributed by atoms with van der Waals surface area (Å²) in [4.78, 5) is 18.2. The van der Waals surface area contributed by atoms with E-state index in [4.69, 9.17) is 0 Å². The molecule has 1 amide bonds. The number of hydrogen-bond donors (Lipinski definition) is 2. The Balaban J connectivity index is 0.000000644. The Hall–Kier alpha value is -2.04. The third kappa shape index (κ3) is 8.46. The first-order valence-corrected chi connectivity index (χ1v) is 9.99. The number of pyridine rings is 1. The van der Waals surface area contributed by atoms with Crippen molar-refractivity contribution in [2.75, 3.05) is 25.0 Å². The van der Waals surface area contributed by atoms with Gasteiger partial charge in [-0.05, 0) is 41.5 Å². The maximum absolute atomic E-state index is 12.0. The zero-order valence-electron chi connectivity index (χ0n) is 18.3. The van der Waals surface area contributed by atoms with Gasteiger partial charge in [0, 0.05) is 19.3 Å². The van der Waals surface area contributed by atoms with Crippen LogP contribution in [0.25, 0.3) is 0 Å². The van der Waals surface area contributed by atoms with Crippen LogP contribution in [-0.2, 0) is 4.79 Å². The summed E-state index contributed by atoms with van der Waals surface area (Å²) in [5.41, 5.74) is 5.07. The Bertz CT molecular complexity index is 526. The maximum atomic E-state index is 12.0. The van der Waals surface area contributed by atoms with Crippen molar-refractivity contribution in [3.63, 3.8) is 0 Å². The van der Waals surface area contributed by atoms with E-state index in [0.717, 1.165) is 36.7 Å². The van der Waals surface area contributed by atoms with Crippen LogP contribution in [0.1, 0.15) is 48.5 Å². The number of nitrogens with zero attached hydrogens (tertiary/aromatic N) is 2. The second kappa shape index (κ2) is 12.4. The molecule has 0 bridgehead atoms. The standard InChI is InChI=1S/C14H19N3O.C4H10.C2H5N.C2H6/c1-14(2)10-8-17(9-11(10)14)13(18)7-16-12-5-3-4-6-15-12;1-4(2)3;1-2-3;1-2/h3-6,10-11H,7-9H2,1-2H3,(H,15,16);4H,1-3H3;2H,1,3H2;1-2H3. The predicted molar refractivity (Wildman–Crippen MR) is 116 cm³/mol. The molecule has 2 atom stereocenters. The van der Waals surface area contributed by atoms with Gasteiger partial charge in [0.05, 0.1) is 6.54 Å². The zero-order valence-corrected chi connectivity index (χ0v) is 18.3. The zero-order chi connectivity index (χ0) is 21.0. The lowest BCUT2D eigenvalue weighted by atomic mass is 10.1. The van der Waals surface area contributed by atoms with E-state index >= 15 is 0 Å². The number of fused-ring (bicyclic) bond motifs is 1. The molecular weight excluding hydrogens is 336 g/mol. The monoisotopic (exact) mass is 376 g/mol. The number of nitrogens with two attached hydrogens (primary N) is 1. The van der Waals surface area contributed by atoms with Crippen molar-refractivity contribution in [2.45, 2.75) is 48.5 Å². The number of anilines is 1. The summed E-state index contributed by atoms with van der Waals surface area (Å²) in [5, 5.41) is 3.07. The number of piperidine rings is 1. The van der Waals surface area contributed by atoms with Gasteiger partial charge in [0.1, 0.15) is 5.82 Å². The molecule has 2 heterocycles. The quantitative estimate of drug-likeness (QED) is 0.821. The van der Waals surface area contributed by atoms with Gasteiger partial charge in [-0.25, -0.2) is 4.98 Å². The molecule has 2 fully saturated rings. The van der Waals surface area contributed by atoms with E-state index in [2.05, 4.69) is 57.2 Å². The fourth-order valence-electron chi connectivity index (χ4n) is 3.08. The molecule has 5 nitrogen and oxygen atoms in total. The van der Waals surface area contributed by atoms with Gasteiger partial charge < -0.3 is 16.0 Å². The number of amides is 1. The summed E-state index contributed by atoms with van der Waals surface area (Å²) in [5.74, 6) is 3.21. The maximum Gasteiger partial charge on any atom is 0.241 e. The molecule has 0 radical (unpaired) electrons. The molecule has 0 spiro atoms. The first-order valence-electron chi connectivity index (χ1n) is 9.99. The Morgan fingerprint density at radius 1 is 1.33 bits per heavy atom. The van der Waals surface area contributed by atoms with Crippen LogP contribution < -0.4 is 11.1 Å². The van der Waals surface area contributed by atoms with Crippen molar-refractivity contribution in [3.8, 4) is 0 Å². The molecule has 3 N–H and O–H groups in total. The van der Waals surface area contributed by atoms with Crippen molar-refractivity contribution in [1.82, 2.24) is 9.88 Å². The van der Waals surface area contributed by atoms with E-state index in [0.29, 0.717) is 12.0 Å². The number of likely N-dealkylation sites (tertiary alicyclic amines) is 1.